The maximum absolute atomic E-state index is 13.7. The van der Waals surface area contributed by atoms with Crippen LogP contribution in [0.3, 0.4) is 0 Å². The Kier molecular flexibility index (Phi) is 9.59. The average Bonchev–Trinajstić information content (AvgIpc) is 2.99. The van der Waals surface area contributed by atoms with Gasteiger partial charge in [-0.2, -0.15) is 0 Å². The van der Waals surface area contributed by atoms with Crippen LogP contribution in [0, 0.1) is 5.92 Å². The number of nitrogens with zero attached hydrogens (tertiary/aromatic N) is 2. The number of methoxy groups -OCH3 is 1. The van der Waals surface area contributed by atoms with Crippen molar-refractivity contribution in [3.05, 3.63) is 78.4 Å². The highest BCUT2D eigenvalue weighted by Gasteiger charge is 2.35. The number of fused-ring (bicyclic) bond motifs is 1. The van der Waals surface area contributed by atoms with E-state index in [1.165, 1.54) is 42.3 Å². The van der Waals surface area contributed by atoms with E-state index < -0.39 is 28.1 Å². The number of likely N-dealkylation sites (N-methyl/N-ethyl adjacent to an activating group) is 1. The van der Waals surface area contributed by atoms with Gasteiger partial charge in [-0.05, 0) is 55.5 Å². The van der Waals surface area contributed by atoms with E-state index in [0.29, 0.717) is 11.4 Å². The first-order valence-electron chi connectivity index (χ1n) is 13.5. The van der Waals surface area contributed by atoms with E-state index >= 15 is 0 Å². The number of nitrogens with one attached hydrogen (secondary N) is 2. The predicted molar refractivity (Wildman–Crippen MR) is 159 cm³/mol. The first-order chi connectivity index (χ1) is 20.0. The SMILES string of the molecule is COc1ccc(S(=O)(=O)Nc2cccc3c2O[C@H](CN(C)C(=O)Nc2ccccc2)[C@H](C)CN([C@@H](C)CO)C3=O)cc1. The Labute approximate surface area is 246 Å². The molecule has 0 saturated heterocycles. The summed E-state index contributed by atoms with van der Waals surface area (Å²) in [5.41, 5.74) is 0.845. The molecule has 0 saturated carbocycles. The van der Waals surface area contributed by atoms with Crippen molar-refractivity contribution >= 4 is 33.3 Å². The Morgan fingerprint density at radius 2 is 1.81 bits per heavy atom. The van der Waals surface area contributed by atoms with Crippen LogP contribution in [-0.2, 0) is 10.0 Å². The number of sulfonamides is 1. The Bertz CT molecular complexity index is 1500. The first kappa shape index (κ1) is 30.7. The number of anilines is 2. The van der Waals surface area contributed by atoms with Gasteiger partial charge in [0.25, 0.3) is 15.9 Å². The summed E-state index contributed by atoms with van der Waals surface area (Å²) < 4.78 is 40.8. The van der Waals surface area contributed by atoms with Crippen LogP contribution in [0.4, 0.5) is 16.2 Å². The summed E-state index contributed by atoms with van der Waals surface area (Å²) in [4.78, 5) is 29.7. The number of ether oxygens (including phenoxy) is 2. The fourth-order valence-corrected chi connectivity index (χ4v) is 5.66. The molecular formula is C30H36N4O7S. The quantitative estimate of drug-likeness (QED) is 0.341. The lowest BCUT2D eigenvalue weighted by Crippen LogP contribution is -2.50. The molecule has 3 aromatic rings. The maximum Gasteiger partial charge on any atom is 0.321 e. The number of benzene rings is 3. The van der Waals surface area contributed by atoms with Gasteiger partial charge in [0.2, 0.25) is 0 Å². The van der Waals surface area contributed by atoms with Crippen molar-refractivity contribution in [3.8, 4) is 11.5 Å². The molecule has 0 aliphatic carbocycles. The zero-order valence-corrected chi connectivity index (χ0v) is 24.8. The van der Waals surface area contributed by atoms with Gasteiger partial charge >= 0.3 is 6.03 Å². The summed E-state index contributed by atoms with van der Waals surface area (Å²) in [7, 11) is -0.956. The molecule has 3 aromatic carbocycles. The van der Waals surface area contributed by atoms with Crippen molar-refractivity contribution in [2.45, 2.75) is 30.9 Å². The van der Waals surface area contributed by atoms with E-state index in [1.54, 1.807) is 43.1 Å². The average molecular weight is 597 g/mol. The lowest BCUT2D eigenvalue weighted by atomic mass is 9.99. The Morgan fingerprint density at radius 3 is 2.45 bits per heavy atom. The molecule has 1 aliphatic heterocycles. The summed E-state index contributed by atoms with van der Waals surface area (Å²) in [6, 6.07) is 18.7. The number of amides is 3. The van der Waals surface area contributed by atoms with Crippen molar-refractivity contribution in [2.24, 2.45) is 5.92 Å². The molecule has 11 nitrogen and oxygen atoms in total. The number of rotatable bonds is 9. The number of para-hydroxylation sites is 2. The Hall–Kier alpha value is -4.29. The minimum Gasteiger partial charge on any atom is -0.497 e. The van der Waals surface area contributed by atoms with Crippen LogP contribution in [0.15, 0.2) is 77.7 Å². The van der Waals surface area contributed by atoms with Gasteiger partial charge in [-0.3, -0.25) is 9.52 Å². The van der Waals surface area contributed by atoms with Crippen molar-refractivity contribution in [3.63, 3.8) is 0 Å². The number of carbonyl (C=O) groups is 2. The number of hydrogen-bond acceptors (Lipinski definition) is 7. The second-order valence-electron chi connectivity index (χ2n) is 10.3. The summed E-state index contributed by atoms with van der Waals surface area (Å²) in [5, 5.41) is 12.7. The monoisotopic (exact) mass is 596 g/mol. The van der Waals surface area contributed by atoms with Crippen molar-refractivity contribution in [2.75, 3.05) is 43.9 Å². The summed E-state index contributed by atoms with van der Waals surface area (Å²) in [6.45, 7) is 3.74. The van der Waals surface area contributed by atoms with E-state index in [9.17, 15) is 23.1 Å². The van der Waals surface area contributed by atoms with Crippen molar-refractivity contribution in [1.29, 1.82) is 0 Å². The topological polar surface area (TPSA) is 138 Å². The molecular weight excluding hydrogens is 560 g/mol. The van der Waals surface area contributed by atoms with Crippen LogP contribution in [0.5, 0.6) is 11.5 Å². The Balaban J connectivity index is 1.69. The molecule has 4 rings (SSSR count). The van der Waals surface area contributed by atoms with E-state index in [1.807, 2.05) is 25.1 Å². The summed E-state index contributed by atoms with van der Waals surface area (Å²) >= 11 is 0. The van der Waals surface area contributed by atoms with Gasteiger partial charge in [0, 0.05) is 25.2 Å². The van der Waals surface area contributed by atoms with E-state index in [-0.39, 0.29) is 53.5 Å². The molecule has 0 spiro atoms. The standard InChI is InChI=1S/C30H36N4O7S/c1-20-17-34(21(2)19-35)29(36)25-11-8-12-26(32-42(38,39)24-15-13-23(40-4)14-16-24)28(25)41-27(20)18-33(3)30(37)31-22-9-6-5-7-10-22/h5-16,20-21,27,32,35H,17-19H2,1-4H3,(H,31,37)/t20-,21+,27-/m1/s1. The van der Waals surface area contributed by atoms with Crippen LogP contribution >= 0.6 is 0 Å². The summed E-state index contributed by atoms with van der Waals surface area (Å²) in [5.74, 6) is -0.155. The maximum atomic E-state index is 13.7. The van der Waals surface area contributed by atoms with E-state index in [2.05, 4.69) is 10.0 Å². The number of urea groups is 1. The van der Waals surface area contributed by atoms with Gasteiger partial charge in [-0.15, -0.1) is 0 Å². The molecule has 0 aromatic heterocycles. The van der Waals surface area contributed by atoms with Crippen LogP contribution in [-0.4, -0.2) is 81.3 Å². The third-order valence-electron chi connectivity index (χ3n) is 7.13. The second-order valence-corrected chi connectivity index (χ2v) is 11.9. The van der Waals surface area contributed by atoms with Crippen LogP contribution in [0.1, 0.15) is 24.2 Å². The molecule has 3 N–H and O–H groups in total. The van der Waals surface area contributed by atoms with Gasteiger partial charge in [0.05, 0.1) is 42.4 Å². The molecule has 12 heteroatoms. The molecule has 3 amide bonds. The number of carbonyl (C=O) groups excluding carboxylic acids is 2. The molecule has 0 fully saturated rings. The third-order valence-corrected chi connectivity index (χ3v) is 8.51. The van der Waals surface area contributed by atoms with Gasteiger partial charge in [-0.25, -0.2) is 13.2 Å². The van der Waals surface area contributed by atoms with Gasteiger partial charge < -0.3 is 29.7 Å². The zero-order chi connectivity index (χ0) is 30.4. The van der Waals surface area contributed by atoms with Crippen LogP contribution < -0.4 is 19.5 Å². The molecule has 224 valence electrons. The van der Waals surface area contributed by atoms with Crippen molar-refractivity contribution in [1.82, 2.24) is 9.80 Å². The minimum absolute atomic E-state index is 0.00385. The largest absolute Gasteiger partial charge is 0.497 e. The fourth-order valence-electron chi connectivity index (χ4n) is 4.59. The van der Waals surface area contributed by atoms with E-state index in [4.69, 9.17) is 9.47 Å². The van der Waals surface area contributed by atoms with Crippen molar-refractivity contribution < 1.29 is 32.6 Å². The van der Waals surface area contributed by atoms with Crippen LogP contribution in [0.2, 0.25) is 0 Å². The number of aliphatic hydroxyl groups excluding tert-OH is 1. The highest BCUT2D eigenvalue weighted by atomic mass is 32.2. The predicted octanol–water partition coefficient (Wildman–Crippen LogP) is 3.88. The van der Waals surface area contributed by atoms with Gasteiger partial charge in [0.1, 0.15) is 11.9 Å². The number of aliphatic hydroxyl groups is 1. The molecule has 1 aliphatic rings. The molecule has 0 unspecified atom stereocenters. The fraction of sp³-hybridized carbons (Fsp3) is 0.333. The van der Waals surface area contributed by atoms with E-state index in [0.717, 1.165) is 0 Å². The van der Waals surface area contributed by atoms with Gasteiger partial charge in [-0.1, -0.05) is 31.2 Å². The smallest absolute Gasteiger partial charge is 0.321 e. The second kappa shape index (κ2) is 13.1. The highest BCUT2D eigenvalue weighted by molar-refractivity contribution is 7.92. The molecule has 3 atom stereocenters. The Morgan fingerprint density at radius 1 is 1.12 bits per heavy atom. The molecule has 42 heavy (non-hydrogen) atoms. The highest BCUT2D eigenvalue weighted by Crippen LogP contribution is 2.36. The molecule has 0 bridgehead atoms. The first-order valence-corrected chi connectivity index (χ1v) is 15.0. The summed E-state index contributed by atoms with van der Waals surface area (Å²) in [6.07, 6.45) is -0.636. The third kappa shape index (κ3) is 6.94. The van der Waals surface area contributed by atoms with Crippen LogP contribution in [0.25, 0.3) is 0 Å². The normalized spacial score (nSPS) is 17.6. The molecule has 1 heterocycles. The number of hydrogen-bond donors (Lipinski definition) is 3. The van der Waals surface area contributed by atoms with Gasteiger partial charge in [0.15, 0.2) is 5.75 Å². The zero-order valence-electron chi connectivity index (χ0n) is 24.0. The lowest BCUT2D eigenvalue weighted by Gasteiger charge is -2.38. The lowest BCUT2D eigenvalue weighted by molar-refractivity contribution is 0.0373. The minimum atomic E-state index is -4.07. The molecule has 0 radical (unpaired) electrons.